The maximum Gasteiger partial charge on any atom is 0.256 e. The largest absolute Gasteiger partial charge is 0.376 e. The molecule has 31 heavy (non-hydrogen) atoms. The van der Waals surface area contributed by atoms with Crippen LogP contribution < -0.4 is 5.32 Å². The molecular weight excluding hydrogens is 408 g/mol. The maximum absolute atomic E-state index is 12.5. The number of thiol groups is 1. The number of amides is 1. The number of carbonyl (C=O) groups excluding carboxylic acids is 1. The van der Waals surface area contributed by atoms with Gasteiger partial charge in [0.15, 0.2) is 0 Å². The number of carbonyl (C=O) groups is 1. The van der Waals surface area contributed by atoms with Crippen molar-refractivity contribution in [2.75, 3.05) is 18.9 Å². The summed E-state index contributed by atoms with van der Waals surface area (Å²) < 4.78 is 0. The second kappa shape index (κ2) is 13.3. The molecule has 0 aromatic carbocycles. The third-order valence-electron chi connectivity index (χ3n) is 4.06. The third-order valence-corrected chi connectivity index (χ3v) is 4.34. The van der Waals surface area contributed by atoms with Crippen molar-refractivity contribution in [3.05, 3.63) is 76.2 Å². The summed E-state index contributed by atoms with van der Waals surface area (Å²) in [6.45, 7) is 15.6. The second-order valence-corrected chi connectivity index (χ2v) is 7.33. The molecule has 6 nitrogen and oxygen atoms in total. The van der Waals surface area contributed by atoms with Gasteiger partial charge in [-0.25, -0.2) is 4.98 Å². The van der Waals surface area contributed by atoms with E-state index in [-0.39, 0.29) is 5.91 Å². The highest BCUT2D eigenvalue weighted by atomic mass is 32.1. The summed E-state index contributed by atoms with van der Waals surface area (Å²) in [6.07, 6.45) is 9.92. The first-order valence-corrected chi connectivity index (χ1v) is 10.5. The SMILES string of the molecule is C=NOC(=C)C/C(S)=C/C(C)=C/c1ccc(NC(=O)C2=CCN(C)C=C2C)nc1.CC. The fourth-order valence-corrected chi connectivity index (χ4v) is 3.19. The molecule has 0 bridgehead atoms. The van der Waals surface area contributed by atoms with Crippen LogP contribution in [-0.4, -0.2) is 36.1 Å². The molecule has 1 N–H and O–H groups in total. The van der Waals surface area contributed by atoms with Gasteiger partial charge in [-0.15, -0.1) is 12.6 Å². The van der Waals surface area contributed by atoms with Gasteiger partial charge in [-0.3, -0.25) is 4.79 Å². The number of hydrogen-bond acceptors (Lipinski definition) is 6. The van der Waals surface area contributed by atoms with E-state index in [4.69, 9.17) is 4.84 Å². The molecule has 7 heteroatoms. The van der Waals surface area contributed by atoms with Crippen molar-refractivity contribution in [1.82, 2.24) is 9.88 Å². The summed E-state index contributed by atoms with van der Waals surface area (Å²) in [5.41, 5.74) is 3.51. The van der Waals surface area contributed by atoms with Crippen molar-refractivity contribution in [2.45, 2.75) is 34.1 Å². The van der Waals surface area contributed by atoms with Crippen LogP contribution in [0, 0.1) is 0 Å². The molecule has 1 amide bonds. The molecule has 2 heterocycles. The van der Waals surface area contributed by atoms with Crippen LogP contribution in [0.25, 0.3) is 6.08 Å². The minimum atomic E-state index is -0.155. The van der Waals surface area contributed by atoms with E-state index in [1.54, 1.807) is 12.3 Å². The number of allylic oxidation sites excluding steroid dienone is 3. The van der Waals surface area contributed by atoms with E-state index < -0.39 is 0 Å². The molecule has 0 spiro atoms. The minimum absolute atomic E-state index is 0.155. The molecule has 0 saturated carbocycles. The number of oxime groups is 1. The van der Waals surface area contributed by atoms with Crippen LogP contribution in [0.15, 0.2) is 75.8 Å². The Morgan fingerprint density at radius 2 is 2.13 bits per heavy atom. The highest BCUT2D eigenvalue weighted by molar-refractivity contribution is 7.84. The Kier molecular flexibility index (Phi) is 11.1. The van der Waals surface area contributed by atoms with Crippen LogP contribution in [0.2, 0.25) is 0 Å². The third kappa shape index (κ3) is 9.09. The van der Waals surface area contributed by atoms with Crippen LogP contribution in [-0.2, 0) is 9.63 Å². The van der Waals surface area contributed by atoms with Crippen LogP contribution in [0.1, 0.15) is 39.7 Å². The second-order valence-electron chi connectivity index (χ2n) is 6.76. The van der Waals surface area contributed by atoms with Crippen LogP contribution in [0.4, 0.5) is 5.82 Å². The quantitative estimate of drug-likeness (QED) is 0.182. The number of hydrogen-bond donors (Lipinski definition) is 2. The Morgan fingerprint density at radius 3 is 2.71 bits per heavy atom. The smallest absolute Gasteiger partial charge is 0.256 e. The van der Waals surface area contributed by atoms with Gasteiger partial charge in [0.1, 0.15) is 11.6 Å². The summed E-state index contributed by atoms with van der Waals surface area (Å²) in [6, 6.07) is 3.68. The number of aromatic nitrogens is 1. The molecule has 1 aliphatic heterocycles. The average molecular weight is 441 g/mol. The predicted octanol–water partition coefficient (Wildman–Crippen LogP) is 5.57. The molecule has 0 unspecified atom stereocenters. The molecule has 1 aliphatic rings. The van der Waals surface area contributed by atoms with Crippen LogP contribution >= 0.6 is 12.6 Å². The highest BCUT2D eigenvalue weighted by Gasteiger charge is 2.15. The van der Waals surface area contributed by atoms with Crippen LogP contribution in [0.5, 0.6) is 0 Å². The van der Waals surface area contributed by atoms with E-state index in [0.29, 0.717) is 30.1 Å². The molecule has 2 rings (SSSR count). The first kappa shape index (κ1) is 26.0. The first-order valence-electron chi connectivity index (χ1n) is 10.0. The lowest BCUT2D eigenvalue weighted by atomic mass is 10.1. The fourth-order valence-electron chi connectivity index (χ4n) is 2.81. The fraction of sp³-hybridized carbons (Fsp3) is 0.292. The average Bonchev–Trinajstić information content (AvgIpc) is 2.70. The highest BCUT2D eigenvalue weighted by Crippen LogP contribution is 2.19. The number of likely N-dealkylation sites (N-methyl/N-ethyl adjacent to an activating group) is 1. The van der Waals surface area contributed by atoms with Gasteiger partial charge in [0.05, 0.1) is 0 Å². The molecule has 0 fully saturated rings. The van der Waals surface area contributed by atoms with E-state index >= 15 is 0 Å². The van der Waals surface area contributed by atoms with Gasteiger partial charge in [-0.1, -0.05) is 37.7 Å². The molecule has 1 aromatic rings. The Bertz CT molecular complexity index is 912. The van der Waals surface area contributed by atoms with Crippen molar-refractivity contribution in [3.8, 4) is 0 Å². The van der Waals surface area contributed by atoms with Gasteiger partial charge < -0.3 is 15.1 Å². The number of pyridine rings is 1. The van der Waals surface area contributed by atoms with E-state index in [9.17, 15) is 4.79 Å². The molecule has 0 saturated heterocycles. The summed E-state index contributed by atoms with van der Waals surface area (Å²) in [7, 11) is 1.97. The summed E-state index contributed by atoms with van der Waals surface area (Å²) >= 11 is 4.43. The zero-order valence-electron chi connectivity index (χ0n) is 19.0. The topological polar surface area (TPSA) is 66.8 Å². The summed E-state index contributed by atoms with van der Waals surface area (Å²) in [5.74, 6) is 0.826. The lowest BCUT2D eigenvalue weighted by molar-refractivity contribution is -0.112. The van der Waals surface area contributed by atoms with Gasteiger partial charge in [0, 0.05) is 44.7 Å². The summed E-state index contributed by atoms with van der Waals surface area (Å²) in [4.78, 5) is 24.5. The molecule has 0 radical (unpaired) electrons. The Morgan fingerprint density at radius 1 is 1.42 bits per heavy atom. The maximum atomic E-state index is 12.5. The molecule has 0 aliphatic carbocycles. The number of nitrogens with zero attached hydrogens (tertiary/aromatic N) is 3. The van der Waals surface area contributed by atoms with Gasteiger partial charge in [-0.2, -0.15) is 0 Å². The molecular formula is C24H32N4O2S. The number of nitrogens with one attached hydrogen (secondary N) is 1. The molecule has 0 atom stereocenters. The predicted molar refractivity (Wildman–Crippen MR) is 134 cm³/mol. The van der Waals surface area contributed by atoms with Crippen molar-refractivity contribution in [2.24, 2.45) is 5.16 Å². The van der Waals surface area contributed by atoms with Gasteiger partial charge in [-0.05, 0) is 53.7 Å². The van der Waals surface area contributed by atoms with Crippen molar-refractivity contribution in [1.29, 1.82) is 0 Å². The zero-order valence-corrected chi connectivity index (χ0v) is 19.9. The van der Waals surface area contributed by atoms with E-state index in [2.05, 4.69) is 41.4 Å². The standard InChI is InChI=1S/C22H26N4O2S.C2H6/c1-15(11-19(29)12-17(3)28-23-4)10-18-6-7-21(24-13-18)25-22(27)20-8-9-26(5)14-16(20)2;1-2/h6-8,10-11,13-14,29H,3-4,9,12H2,1-2,5H3,(H,24,25,27);1-2H3/b15-10+,19-11-;. The number of rotatable bonds is 8. The van der Waals surface area contributed by atoms with E-state index in [0.717, 1.165) is 21.6 Å². The molecule has 166 valence electrons. The van der Waals surface area contributed by atoms with Crippen molar-refractivity contribution in [3.63, 3.8) is 0 Å². The molecule has 1 aromatic heterocycles. The number of anilines is 1. The lowest BCUT2D eigenvalue weighted by Crippen LogP contribution is -2.23. The summed E-state index contributed by atoms with van der Waals surface area (Å²) in [5, 5.41) is 6.17. The van der Waals surface area contributed by atoms with Crippen molar-refractivity contribution < 1.29 is 9.63 Å². The lowest BCUT2D eigenvalue weighted by Gasteiger charge is -2.20. The Labute approximate surface area is 191 Å². The van der Waals surface area contributed by atoms with Gasteiger partial charge >= 0.3 is 0 Å². The van der Waals surface area contributed by atoms with Gasteiger partial charge in [0.25, 0.3) is 5.91 Å². The van der Waals surface area contributed by atoms with E-state index in [1.807, 2.05) is 70.1 Å². The minimum Gasteiger partial charge on any atom is -0.376 e. The Balaban J connectivity index is 0.00000233. The zero-order chi connectivity index (χ0) is 23.4. The van der Waals surface area contributed by atoms with E-state index in [1.165, 1.54) is 0 Å². The monoisotopic (exact) mass is 440 g/mol. The van der Waals surface area contributed by atoms with Crippen LogP contribution in [0.3, 0.4) is 0 Å². The Hall–Kier alpha value is -3.06. The normalized spacial score (nSPS) is 13.9. The van der Waals surface area contributed by atoms with Crippen molar-refractivity contribution >= 4 is 37.1 Å². The first-order chi connectivity index (χ1) is 14.8. The van der Waals surface area contributed by atoms with Gasteiger partial charge in [0.2, 0.25) is 0 Å².